The van der Waals surface area contributed by atoms with Crippen molar-refractivity contribution >= 4 is 35.3 Å². The number of nitrogen functional groups attached to an aromatic ring is 2. The molecule has 0 spiro atoms. The monoisotopic (exact) mass is 881 g/mol. The molecule has 340 valence electrons. The fourth-order valence-corrected chi connectivity index (χ4v) is 7.28. The third kappa shape index (κ3) is 11.3. The Balaban J connectivity index is 1.55. The minimum atomic E-state index is -0.922. The number of aryl methyl sites for hydroxylation is 4. The Labute approximate surface area is 370 Å². The number of rotatable bonds is 17. The van der Waals surface area contributed by atoms with Crippen molar-refractivity contribution in [2.75, 3.05) is 51.3 Å². The molecule has 6 N–H and O–H groups in total. The molecule has 1 atom stereocenters. The van der Waals surface area contributed by atoms with E-state index in [0.29, 0.717) is 58.6 Å². The maximum atomic E-state index is 14.5. The second-order valence-corrected chi connectivity index (χ2v) is 15.9. The zero-order chi connectivity index (χ0) is 46.9. The standard InChI is InChI=1S/C45H55N9O10/c1-10-63-22-33(52-44(59)64-45(4,5)6)31-17-32(19-48-18-31)51-40(55)34-38(46)49-23-53(41(34)56)36-25(2)13-27(20-60-7)15-29(36)11-12-30-16-28(21-61-8)14-26(3)37(30)54-24-50-39(47)35(42(54)57)43(58)62-9/h13-19,23-24,33H,10-12,20-22,46-47H2,1-9H3,(H,51,55)(H,52,59)/t33-/m1/s1. The predicted molar refractivity (Wildman–Crippen MR) is 239 cm³/mol. The van der Waals surface area contributed by atoms with E-state index in [9.17, 15) is 24.0 Å². The zero-order valence-corrected chi connectivity index (χ0v) is 37.5. The summed E-state index contributed by atoms with van der Waals surface area (Å²) < 4.78 is 29.3. The third-order valence-corrected chi connectivity index (χ3v) is 9.86. The van der Waals surface area contributed by atoms with Crippen LogP contribution in [0.4, 0.5) is 22.1 Å². The molecule has 0 aliphatic rings. The molecular formula is C45H55N9O10. The topological polar surface area (TPSA) is 256 Å². The summed E-state index contributed by atoms with van der Waals surface area (Å²) in [5.74, 6) is -2.33. The van der Waals surface area contributed by atoms with Crippen LogP contribution in [0.1, 0.15) is 93.4 Å². The van der Waals surface area contributed by atoms with Crippen molar-refractivity contribution in [3.63, 3.8) is 0 Å². The maximum absolute atomic E-state index is 14.5. The van der Waals surface area contributed by atoms with Crippen LogP contribution < -0.4 is 33.2 Å². The Morgan fingerprint density at radius 1 is 0.781 bits per heavy atom. The molecule has 0 saturated carbocycles. The van der Waals surface area contributed by atoms with E-state index in [1.807, 2.05) is 45.0 Å². The highest BCUT2D eigenvalue weighted by molar-refractivity contribution is 6.07. The van der Waals surface area contributed by atoms with Gasteiger partial charge in [-0.2, -0.15) is 0 Å². The molecule has 64 heavy (non-hydrogen) atoms. The number of hydrogen-bond donors (Lipinski definition) is 4. The SMILES string of the molecule is CCOC[C@@H](NC(=O)OC(C)(C)C)c1cncc(NC(=O)c2c(N)ncn(-c3c(C)cc(COC)cc3CCc3cc(COC)cc(C)c3-n3cnc(N)c(C(=O)OC)c3=O)c2=O)c1. The highest BCUT2D eigenvalue weighted by Crippen LogP contribution is 2.28. The lowest BCUT2D eigenvalue weighted by atomic mass is 9.94. The van der Waals surface area contributed by atoms with Crippen LogP contribution in [0.2, 0.25) is 0 Å². The zero-order valence-electron chi connectivity index (χ0n) is 37.5. The van der Waals surface area contributed by atoms with E-state index in [0.717, 1.165) is 18.2 Å². The number of aromatic nitrogens is 5. The number of nitrogens with one attached hydrogen (secondary N) is 2. The molecule has 0 aliphatic heterocycles. The molecule has 2 aromatic carbocycles. The number of carbonyl (C=O) groups excluding carboxylic acids is 3. The number of amides is 2. The predicted octanol–water partition coefficient (Wildman–Crippen LogP) is 4.67. The Morgan fingerprint density at radius 3 is 1.81 bits per heavy atom. The van der Waals surface area contributed by atoms with E-state index >= 15 is 0 Å². The van der Waals surface area contributed by atoms with Gasteiger partial charge in [0.2, 0.25) is 0 Å². The van der Waals surface area contributed by atoms with E-state index in [-0.39, 0.29) is 37.1 Å². The first-order valence-electron chi connectivity index (χ1n) is 20.3. The van der Waals surface area contributed by atoms with Crippen LogP contribution in [0.15, 0.2) is 65.0 Å². The molecule has 0 unspecified atom stereocenters. The van der Waals surface area contributed by atoms with Crippen molar-refractivity contribution in [2.45, 2.75) is 79.2 Å². The Bertz CT molecular complexity index is 2650. The molecular weight excluding hydrogens is 827 g/mol. The first-order chi connectivity index (χ1) is 30.4. The molecule has 0 radical (unpaired) electrons. The minimum Gasteiger partial charge on any atom is -0.465 e. The quantitative estimate of drug-likeness (QED) is 0.0926. The molecule has 19 heteroatoms. The van der Waals surface area contributed by atoms with Gasteiger partial charge in [0.25, 0.3) is 17.0 Å². The average Bonchev–Trinajstić information content (AvgIpc) is 3.22. The molecule has 3 heterocycles. The highest BCUT2D eigenvalue weighted by Gasteiger charge is 2.26. The summed E-state index contributed by atoms with van der Waals surface area (Å²) in [5, 5.41) is 5.50. The number of methoxy groups -OCH3 is 3. The molecule has 0 fully saturated rings. The van der Waals surface area contributed by atoms with Crippen molar-refractivity contribution in [3.8, 4) is 11.4 Å². The Kier molecular flexibility index (Phi) is 15.7. The van der Waals surface area contributed by atoms with Crippen LogP contribution in [0.25, 0.3) is 11.4 Å². The summed E-state index contributed by atoms with van der Waals surface area (Å²) in [7, 11) is 4.29. The third-order valence-electron chi connectivity index (χ3n) is 9.86. The second kappa shape index (κ2) is 20.9. The lowest BCUT2D eigenvalue weighted by Gasteiger charge is -2.24. The molecule has 0 saturated heterocycles. The van der Waals surface area contributed by atoms with Crippen LogP contribution in [0.3, 0.4) is 0 Å². The minimum absolute atomic E-state index is 0.0902. The molecule has 3 aromatic heterocycles. The average molecular weight is 882 g/mol. The highest BCUT2D eigenvalue weighted by atomic mass is 16.6. The number of nitrogens with two attached hydrogens (primary N) is 2. The molecule has 5 rings (SSSR count). The number of ether oxygens (including phenoxy) is 5. The molecule has 19 nitrogen and oxygen atoms in total. The van der Waals surface area contributed by atoms with Gasteiger partial charge in [0.05, 0.1) is 56.2 Å². The summed E-state index contributed by atoms with van der Waals surface area (Å²) in [6, 6.07) is 8.44. The van der Waals surface area contributed by atoms with E-state index in [2.05, 4.69) is 25.6 Å². The van der Waals surface area contributed by atoms with E-state index in [1.165, 1.54) is 34.2 Å². The molecule has 0 aliphatic carbocycles. The van der Waals surface area contributed by atoms with E-state index < -0.39 is 51.9 Å². The number of alkyl carbamates (subject to hydrolysis) is 1. The number of hydrogen-bond acceptors (Lipinski definition) is 15. The number of anilines is 3. The van der Waals surface area contributed by atoms with Crippen molar-refractivity contribution in [3.05, 3.63) is 126 Å². The largest absolute Gasteiger partial charge is 0.465 e. The normalized spacial score (nSPS) is 11.8. The fraction of sp³-hybridized carbons (Fsp3) is 0.378. The summed E-state index contributed by atoms with van der Waals surface area (Å²) in [6.45, 7) is 11.7. The number of nitrogens with zero attached hydrogens (tertiary/aromatic N) is 5. The van der Waals surface area contributed by atoms with Gasteiger partial charge < -0.3 is 45.8 Å². The Morgan fingerprint density at radius 2 is 1.31 bits per heavy atom. The number of carbonyl (C=O) groups is 3. The molecule has 0 bridgehead atoms. The van der Waals surface area contributed by atoms with Crippen LogP contribution in [0.5, 0.6) is 0 Å². The van der Waals surface area contributed by atoms with Crippen LogP contribution in [-0.2, 0) is 49.7 Å². The fourth-order valence-electron chi connectivity index (χ4n) is 7.28. The van der Waals surface area contributed by atoms with Gasteiger partial charge in [-0.1, -0.05) is 24.3 Å². The van der Waals surface area contributed by atoms with Crippen molar-refractivity contribution in [2.24, 2.45) is 0 Å². The van der Waals surface area contributed by atoms with Gasteiger partial charge in [-0.05, 0) is 99.4 Å². The van der Waals surface area contributed by atoms with Gasteiger partial charge in [0.15, 0.2) is 5.56 Å². The molecule has 5 aromatic rings. The second-order valence-electron chi connectivity index (χ2n) is 15.9. The van der Waals surface area contributed by atoms with E-state index in [1.54, 1.807) is 41.1 Å². The van der Waals surface area contributed by atoms with Gasteiger partial charge >= 0.3 is 12.1 Å². The lowest BCUT2D eigenvalue weighted by Crippen LogP contribution is -2.36. The summed E-state index contributed by atoms with van der Waals surface area (Å²) >= 11 is 0. The van der Waals surface area contributed by atoms with Gasteiger partial charge in [0.1, 0.15) is 35.5 Å². The molecule has 2 amide bonds. The lowest BCUT2D eigenvalue weighted by molar-refractivity contribution is 0.0447. The van der Waals surface area contributed by atoms with E-state index in [4.69, 9.17) is 35.2 Å². The van der Waals surface area contributed by atoms with Crippen molar-refractivity contribution < 1.29 is 38.1 Å². The first-order valence-corrected chi connectivity index (χ1v) is 20.3. The summed E-state index contributed by atoms with van der Waals surface area (Å²) in [5.41, 5.74) is 15.2. The van der Waals surface area contributed by atoms with Gasteiger partial charge in [-0.25, -0.2) is 19.6 Å². The number of benzene rings is 2. The number of pyridine rings is 1. The van der Waals surface area contributed by atoms with Gasteiger partial charge in [-0.15, -0.1) is 0 Å². The number of esters is 1. The van der Waals surface area contributed by atoms with Gasteiger partial charge in [-0.3, -0.25) is 28.5 Å². The first kappa shape index (κ1) is 48.1. The summed E-state index contributed by atoms with van der Waals surface area (Å²) in [6.07, 6.45) is 5.37. The van der Waals surface area contributed by atoms with Crippen LogP contribution in [-0.4, -0.2) is 82.2 Å². The Hall–Kier alpha value is -6.96. The maximum Gasteiger partial charge on any atom is 0.408 e. The summed E-state index contributed by atoms with van der Waals surface area (Å²) in [4.78, 5) is 80.2. The van der Waals surface area contributed by atoms with Crippen LogP contribution in [0, 0.1) is 13.8 Å². The van der Waals surface area contributed by atoms with Gasteiger partial charge in [0, 0.05) is 27.0 Å². The smallest absolute Gasteiger partial charge is 0.408 e. The van der Waals surface area contributed by atoms with Crippen molar-refractivity contribution in [1.82, 2.24) is 29.4 Å². The van der Waals surface area contributed by atoms with Crippen molar-refractivity contribution in [1.29, 1.82) is 0 Å². The van der Waals surface area contributed by atoms with Crippen LogP contribution >= 0.6 is 0 Å².